The zero-order valence-corrected chi connectivity index (χ0v) is 19.9. The van der Waals surface area contributed by atoms with Gasteiger partial charge in [0.25, 0.3) is 5.91 Å². The van der Waals surface area contributed by atoms with Crippen molar-refractivity contribution in [3.63, 3.8) is 0 Å². The quantitative estimate of drug-likeness (QED) is 0.265. The van der Waals surface area contributed by atoms with Gasteiger partial charge < -0.3 is 13.6 Å². The number of nitrogens with zero attached hydrogens (tertiary/aromatic N) is 2. The van der Waals surface area contributed by atoms with Gasteiger partial charge in [0.1, 0.15) is 22.1 Å². The molecule has 6 rings (SSSR count). The number of para-hydroxylation sites is 1. The maximum Gasteiger partial charge on any atom is 0.258 e. The van der Waals surface area contributed by atoms with E-state index in [0.717, 1.165) is 27.1 Å². The number of amides is 1. The van der Waals surface area contributed by atoms with E-state index in [4.69, 9.17) is 18.6 Å². The van der Waals surface area contributed by atoms with Crippen LogP contribution in [0.5, 0.6) is 5.75 Å². The lowest BCUT2D eigenvalue weighted by Crippen LogP contribution is -2.13. The zero-order chi connectivity index (χ0) is 24.5. The van der Waals surface area contributed by atoms with Crippen LogP contribution in [-0.2, 0) is 0 Å². The van der Waals surface area contributed by atoms with Crippen LogP contribution in [-0.4, -0.2) is 23.0 Å². The molecule has 0 unspecified atom stereocenters. The van der Waals surface area contributed by atoms with E-state index in [1.54, 1.807) is 31.8 Å². The highest BCUT2D eigenvalue weighted by Crippen LogP contribution is 2.39. The molecule has 0 saturated carbocycles. The normalized spacial score (nSPS) is 11.0. The van der Waals surface area contributed by atoms with Crippen LogP contribution in [0.1, 0.15) is 10.4 Å². The van der Waals surface area contributed by atoms with Crippen LogP contribution < -0.4 is 10.1 Å². The number of thiazole rings is 1. The Kier molecular flexibility index (Phi) is 5.55. The minimum absolute atomic E-state index is 0.283. The second-order valence-corrected chi connectivity index (χ2v) is 8.91. The fourth-order valence-electron chi connectivity index (χ4n) is 3.97. The number of nitrogens with one attached hydrogen (secondary N) is 1. The van der Waals surface area contributed by atoms with E-state index in [2.05, 4.69) is 10.3 Å². The molecule has 0 fully saturated rings. The number of rotatable bonds is 6. The Labute approximate surface area is 210 Å². The van der Waals surface area contributed by atoms with E-state index in [0.29, 0.717) is 33.6 Å². The molecule has 8 heteroatoms. The number of benzene rings is 2. The van der Waals surface area contributed by atoms with Crippen LogP contribution in [0.4, 0.5) is 5.13 Å². The molecular formula is C28H19N3O4S. The maximum atomic E-state index is 13.6. The monoisotopic (exact) mass is 493 g/mol. The average Bonchev–Trinajstić information content (AvgIpc) is 3.70. The fourth-order valence-corrected chi connectivity index (χ4v) is 4.90. The van der Waals surface area contributed by atoms with E-state index in [9.17, 15) is 4.79 Å². The van der Waals surface area contributed by atoms with Crippen LogP contribution in [0.3, 0.4) is 0 Å². The van der Waals surface area contributed by atoms with Gasteiger partial charge in [-0.15, -0.1) is 0 Å². The summed E-state index contributed by atoms with van der Waals surface area (Å²) in [4.78, 5) is 23.8. The van der Waals surface area contributed by atoms with Crippen LogP contribution in [0.25, 0.3) is 44.3 Å². The minimum Gasteiger partial charge on any atom is -0.497 e. The topological polar surface area (TPSA) is 90.4 Å². The van der Waals surface area contributed by atoms with Gasteiger partial charge in [-0.25, -0.2) is 9.97 Å². The van der Waals surface area contributed by atoms with Crippen molar-refractivity contribution in [3.8, 4) is 39.1 Å². The first-order valence-electron chi connectivity index (χ1n) is 11.1. The summed E-state index contributed by atoms with van der Waals surface area (Å²) in [7, 11) is 1.62. The first-order chi connectivity index (χ1) is 17.7. The van der Waals surface area contributed by atoms with Gasteiger partial charge in [-0.05, 0) is 60.7 Å². The van der Waals surface area contributed by atoms with Gasteiger partial charge in [0.2, 0.25) is 0 Å². The summed E-state index contributed by atoms with van der Waals surface area (Å²) in [5.74, 6) is 1.71. The van der Waals surface area contributed by atoms with Crippen molar-refractivity contribution in [1.82, 2.24) is 9.97 Å². The van der Waals surface area contributed by atoms with Crippen LogP contribution >= 0.6 is 11.3 Å². The fraction of sp³-hybridized carbons (Fsp3) is 0.0357. The molecule has 0 bridgehead atoms. The highest BCUT2D eigenvalue weighted by atomic mass is 32.1. The summed E-state index contributed by atoms with van der Waals surface area (Å²) in [6.07, 6.45) is 3.19. The zero-order valence-electron chi connectivity index (χ0n) is 19.1. The summed E-state index contributed by atoms with van der Waals surface area (Å²) in [6.45, 7) is 0. The van der Waals surface area contributed by atoms with Crippen molar-refractivity contribution in [3.05, 3.63) is 97.0 Å². The smallest absolute Gasteiger partial charge is 0.258 e. The summed E-state index contributed by atoms with van der Waals surface area (Å²) >= 11 is 1.32. The van der Waals surface area contributed by atoms with E-state index < -0.39 is 0 Å². The minimum atomic E-state index is -0.283. The van der Waals surface area contributed by atoms with Gasteiger partial charge in [-0.2, -0.15) is 0 Å². The van der Waals surface area contributed by atoms with Gasteiger partial charge >= 0.3 is 0 Å². The summed E-state index contributed by atoms with van der Waals surface area (Å²) in [6, 6.07) is 24.2. The molecule has 0 saturated heterocycles. The molecule has 0 spiro atoms. The molecule has 0 aliphatic heterocycles. The number of fused-ring (bicyclic) bond motifs is 1. The molecule has 176 valence electrons. The Morgan fingerprint density at radius 2 is 1.64 bits per heavy atom. The van der Waals surface area contributed by atoms with E-state index >= 15 is 0 Å². The average molecular weight is 494 g/mol. The Bertz CT molecular complexity index is 1600. The lowest BCUT2D eigenvalue weighted by atomic mass is 10.0. The summed E-state index contributed by atoms with van der Waals surface area (Å²) in [5.41, 5.74) is 3.40. The van der Waals surface area contributed by atoms with Crippen LogP contribution in [0.2, 0.25) is 0 Å². The van der Waals surface area contributed by atoms with Gasteiger partial charge in [0.05, 0.1) is 36.4 Å². The van der Waals surface area contributed by atoms with Gasteiger partial charge in [0.15, 0.2) is 10.9 Å². The van der Waals surface area contributed by atoms with Gasteiger partial charge in [0, 0.05) is 10.9 Å². The molecule has 2 aromatic carbocycles. The molecule has 0 aliphatic rings. The third-order valence-electron chi connectivity index (χ3n) is 5.69. The number of furan rings is 2. The van der Waals surface area contributed by atoms with Crippen LogP contribution in [0, 0.1) is 0 Å². The molecule has 6 aromatic rings. The van der Waals surface area contributed by atoms with E-state index in [-0.39, 0.29) is 5.91 Å². The SMILES string of the molecule is COc1ccc(-c2cc(C(=O)Nc3nc(-c4ccco4)c(-c4ccco4)s3)c3ccccc3n2)cc1. The number of hydrogen-bond acceptors (Lipinski definition) is 7. The highest BCUT2D eigenvalue weighted by molar-refractivity contribution is 7.19. The van der Waals surface area contributed by atoms with Crippen molar-refractivity contribution >= 4 is 33.3 Å². The summed E-state index contributed by atoms with van der Waals surface area (Å²) < 4.78 is 16.4. The highest BCUT2D eigenvalue weighted by Gasteiger charge is 2.21. The number of ether oxygens (including phenoxy) is 1. The third kappa shape index (κ3) is 4.03. The molecule has 1 N–H and O–H groups in total. The molecule has 0 atom stereocenters. The lowest BCUT2D eigenvalue weighted by Gasteiger charge is -2.10. The van der Waals surface area contributed by atoms with Crippen molar-refractivity contribution in [2.45, 2.75) is 0 Å². The molecule has 4 heterocycles. The van der Waals surface area contributed by atoms with Gasteiger partial charge in [-0.3, -0.25) is 10.1 Å². The Balaban J connectivity index is 1.40. The Hall–Kier alpha value is -4.69. The summed E-state index contributed by atoms with van der Waals surface area (Å²) in [5, 5.41) is 4.16. The number of methoxy groups -OCH3 is 1. The predicted octanol–water partition coefficient (Wildman–Crippen LogP) is 7.14. The van der Waals surface area contributed by atoms with Crippen molar-refractivity contribution in [2.75, 3.05) is 12.4 Å². The number of pyridine rings is 1. The van der Waals surface area contributed by atoms with Crippen molar-refractivity contribution in [1.29, 1.82) is 0 Å². The van der Waals surface area contributed by atoms with Crippen molar-refractivity contribution in [2.24, 2.45) is 0 Å². The van der Waals surface area contributed by atoms with Gasteiger partial charge in [-0.1, -0.05) is 29.5 Å². The second-order valence-electron chi connectivity index (χ2n) is 7.91. The molecule has 0 aliphatic carbocycles. The van der Waals surface area contributed by atoms with E-state index in [1.807, 2.05) is 66.7 Å². The van der Waals surface area contributed by atoms with Crippen LogP contribution in [0.15, 0.2) is 100 Å². The molecule has 4 aromatic heterocycles. The number of carbonyl (C=O) groups excluding carboxylic acids is 1. The Morgan fingerprint density at radius 1 is 0.889 bits per heavy atom. The molecular weight excluding hydrogens is 474 g/mol. The Morgan fingerprint density at radius 3 is 2.36 bits per heavy atom. The first-order valence-corrected chi connectivity index (χ1v) is 12.0. The number of carbonyl (C=O) groups is 1. The maximum absolute atomic E-state index is 13.6. The molecule has 7 nitrogen and oxygen atoms in total. The molecule has 36 heavy (non-hydrogen) atoms. The number of anilines is 1. The van der Waals surface area contributed by atoms with E-state index in [1.165, 1.54) is 11.3 Å². The lowest BCUT2D eigenvalue weighted by molar-refractivity contribution is 0.102. The number of aromatic nitrogens is 2. The standard InChI is InChI=1S/C28H19N3O4S/c1-33-18-12-10-17(11-13-18)22-16-20(19-6-2-3-7-21(19)29-22)27(32)31-28-30-25(23-8-4-14-34-23)26(36-28)24-9-5-15-35-24/h2-16H,1H3,(H,30,31,32). The largest absolute Gasteiger partial charge is 0.497 e. The second kappa shape index (κ2) is 9.16. The predicted molar refractivity (Wildman–Crippen MR) is 139 cm³/mol. The first kappa shape index (κ1) is 21.8. The van der Waals surface area contributed by atoms with Crippen molar-refractivity contribution < 1.29 is 18.4 Å². The molecule has 1 amide bonds. The third-order valence-corrected chi connectivity index (χ3v) is 6.68. The molecule has 0 radical (unpaired) electrons. The number of hydrogen-bond donors (Lipinski definition) is 1.